The Kier molecular flexibility index (Phi) is 9.37. The van der Waals surface area contributed by atoms with Crippen molar-refractivity contribution >= 4 is 21.7 Å². The van der Waals surface area contributed by atoms with E-state index in [2.05, 4.69) is 18.6 Å². The van der Waals surface area contributed by atoms with Gasteiger partial charge in [-0.05, 0) is 54.7 Å². The Labute approximate surface area is 185 Å². The summed E-state index contributed by atoms with van der Waals surface area (Å²) in [6.45, 7) is 6.50. The average Bonchev–Trinajstić information content (AvgIpc) is 2.70. The first-order valence-corrected chi connectivity index (χ1v) is 12.4. The minimum Gasteiger partial charge on any atom is -0.487 e. The number of anilines is 1. The van der Waals surface area contributed by atoms with Crippen LogP contribution in [0.2, 0.25) is 0 Å². The number of benzene rings is 2. The minimum atomic E-state index is -3.47. The molecule has 170 valence electrons. The molecule has 0 aromatic heterocycles. The second-order valence-electron chi connectivity index (χ2n) is 8.31. The van der Waals surface area contributed by atoms with Gasteiger partial charge in [-0.3, -0.25) is 4.72 Å². The second-order valence-corrected chi connectivity index (χ2v) is 10.1. The van der Waals surface area contributed by atoms with Gasteiger partial charge in [0.2, 0.25) is 10.0 Å². The molecule has 2 aromatic carbocycles. The lowest BCUT2D eigenvalue weighted by Gasteiger charge is -2.15. The molecule has 0 fully saturated rings. The zero-order chi connectivity index (χ0) is 22.9. The topological polar surface area (TPSA) is 92.7 Å². The number of rotatable bonds is 13. The van der Waals surface area contributed by atoms with E-state index in [1.165, 1.54) is 18.6 Å². The summed E-state index contributed by atoms with van der Waals surface area (Å²) in [7, 11) is -3.47. The highest BCUT2D eigenvalue weighted by atomic mass is 32.2. The molecule has 0 aliphatic carbocycles. The van der Waals surface area contributed by atoms with Crippen LogP contribution in [0.5, 0.6) is 5.75 Å². The summed E-state index contributed by atoms with van der Waals surface area (Å²) in [5, 5.41) is 8.99. The zero-order valence-corrected chi connectivity index (χ0v) is 19.4. The first-order chi connectivity index (χ1) is 14.7. The molecule has 0 aliphatic heterocycles. The van der Waals surface area contributed by atoms with E-state index in [9.17, 15) is 13.2 Å². The standard InChI is InChI=1S/C24H33NO5S/c1-18(2)8-6-4-5-7-15-31(28,29)25-22-14-9-19(3)16-23(22)30-17-20-10-12-21(13-11-20)24(26)27/h9-14,16,18,25H,4-8,15,17H2,1-3H3,(H,26,27). The van der Waals surface area contributed by atoms with E-state index in [-0.39, 0.29) is 17.9 Å². The molecule has 7 heteroatoms. The number of nitrogens with one attached hydrogen (secondary N) is 1. The number of sulfonamides is 1. The number of carboxylic acid groups (broad SMARTS) is 1. The monoisotopic (exact) mass is 447 g/mol. The smallest absolute Gasteiger partial charge is 0.335 e. The third kappa shape index (κ3) is 9.00. The molecular weight excluding hydrogens is 414 g/mol. The Morgan fingerprint density at radius 1 is 1.03 bits per heavy atom. The first kappa shape index (κ1) is 24.7. The van der Waals surface area contributed by atoms with Gasteiger partial charge in [-0.25, -0.2) is 13.2 Å². The van der Waals surface area contributed by atoms with Crippen LogP contribution < -0.4 is 9.46 Å². The van der Waals surface area contributed by atoms with Gasteiger partial charge in [0.05, 0.1) is 17.0 Å². The van der Waals surface area contributed by atoms with E-state index in [1.54, 1.807) is 24.3 Å². The number of hydrogen-bond acceptors (Lipinski definition) is 4. The van der Waals surface area contributed by atoms with E-state index in [1.807, 2.05) is 13.0 Å². The molecule has 0 saturated heterocycles. The van der Waals surface area contributed by atoms with Crippen LogP contribution in [0.3, 0.4) is 0 Å². The fourth-order valence-electron chi connectivity index (χ4n) is 3.15. The Balaban J connectivity index is 1.94. The van der Waals surface area contributed by atoms with E-state index >= 15 is 0 Å². The number of ether oxygens (including phenoxy) is 1. The lowest BCUT2D eigenvalue weighted by Crippen LogP contribution is -2.17. The lowest BCUT2D eigenvalue weighted by molar-refractivity contribution is 0.0697. The molecule has 6 nitrogen and oxygen atoms in total. The van der Waals surface area contributed by atoms with E-state index in [4.69, 9.17) is 9.84 Å². The molecule has 2 aromatic rings. The van der Waals surface area contributed by atoms with Crippen molar-refractivity contribution in [2.75, 3.05) is 10.5 Å². The van der Waals surface area contributed by atoms with Crippen molar-refractivity contribution in [1.82, 2.24) is 0 Å². The number of hydrogen-bond donors (Lipinski definition) is 2. The van der Waals surface area contributed by atoms with Gasteiger partial charge in [-0.2, -0.15) is 0 Å². The lowest BCUT2D eigenvalue weighted by atomic mass is 10.0. The Hall–Kier alpha value is -2.54. The van der Waals surface area contributed by atoms with E-state index in [0.717, 1.165) is 30.4 Å². The number of aryl methyl sites for hydroxylation is 1. The average molecular weight is 448 g/mol. The molecule has 0 atom stereocenters. The van der Waals surface area contributed by atoms with Crippen LogP contribution in [0, 0.1) is 12.8 Å². The van der Waals surface area contributed by atoms with Crippen LogP contribution in [0.4, 0.5) is 5.69 Å². The van der Waals surface area contributed by atoms with Crippen molar-refractivity contribution in [2.24, 2.45) is 5.92 Å². The van der Waals surface area contributed by atoms with Gasteiger partial charge >= 0.3 is 5.97 Å². The van der Waals surface area contributed by atoms with Crippen LogP contribution >= 0.6 is 0 Å². The minimum absolute atomic E-state index is 0.0820. The van der Waals surface area contributed by atoms with Crippen molar-refractivity contribution < 1.29 is 23.1 Å². The van der Waals surface area contributed by atoms with Crippen LogP contribution in [0.1, 0.15) is 67.4 Å². The molecule has 0 radical (unpaired) electrons. The normalized spacial score (nSPS) is 11.5. The van der Waals surface area contributed by atoms with Crippen molar-refractivity contribution in [3.05, 3.63) is 59.2 Å². The molecule has 31 heavy (non-hydrogen) atoms. The third-order valence-corrected chi connectivity index (χ3v) is 6.30. The van der Waals surface area contributed by atoms with Crippen molar-refractivity contribution in [3.63, 3.8) is 0 Å². The summed E-state index contributed by atoms with van der Waals surface area (Å²) in [5.74, 6) is 0.226. The zero-order valence-electron chi connectivity index (χ0n) is 18.6. The third-order valence-electron chi connectivity index (χ3n) is 4.94. The molecule has 2 rings (SSSR count). The molecule has 0 unspecified atom stereocenters. The van der Waals surface area contributed by atoms with Crippen LogP contribution in [0.15, 0.2) is 42.5 Å². The summed E-state index contributed by atoms with van der Waals surface area (Å²) >= 11 is 0. The van der Waals surface area contributed by atoms with Crippen LogP contribution in [0.25, 0.3) is 0 Å². The Bertz CT molecular complexity index is 952. The van der Waals surface area contributed by atoms with Crippen molar-refractivity contribution in [3.8, 4) is 5.75 Å². The number of unbranched alkanes of at least 4 members (excludes halogenated alkanes) is 3. The molecule has 0 saturated carbocycles. The summed E-state index contributed by atoms with van der Waals surface area (Å²) in [5.41, 5.74) is 2.36. The molecule has 0 heterocycles. The summed E-state index contributed by atoms with van der Waals surface area (Å²) in [6, 6.07) is 11.7. The molecular formula is C24H33NO5S. The number of aromatic carboxylic acids is 1. The van der Waals surface area contributed by atoms with Gasteiger partial charge in [-0.1, -0.05) is 57.7 Å². The van der Waals surface area contributed by atoms with Gasteiger partial charge in [0.15, 0.2) is 0 Å². The predicted octanol–water partition coefficient (Wildman–Crippen LogP) is 5.62. The van der Waals surface area contributed by atoms with Gasteiger partial charge in [0, 0.05) is 0 Å². The highest BCUT2D eigenvalue weighted by Crippen LogP contribution is 2.28. The summed E-state index contributed by atoms with van der Waals surface area (Å²) < 4.78 is 33.6. The molecule has 0 bridgehead atoms. The van der Waals surface area contributed by atoms with Crippen LogP contribution in [-0.4, -0.2) is 25.2 Å². The molecule has 0 spiro atoms. The SMILES string of the molecule is Cc1ccc(NS(=O)(=O)CCCCCCC(C)C)c(OCc2ccc(C(=O)O)cc2)c1. The van der Waals surface area contributed by atoms with Crippen molar-refractivity contribution in [1.29, 1.82) is 0 Å². The number of carboxylic acids is 1. The van der Waals surface area contributed by atoms with Crippen molar-refractivity contribution in [2.45, 2.75) is 59.5 Å². The fourth-order valence-corrected chi connectivity index (χ4v) is 4.34. The van der Waals surface area contributed by atoms with Gasteiger partial charge < -0.3 is 9.84 Å². The number of carbonyl (C=O) groups is 1. The summed E-state index contributed by atoms with van der Waals surface area (Å²) in [4.78, 5) is 11.0. The Morgan fingerprint density at radius 2 is 1.71 bits per heavy atom. The van der Waals surface area contributed by atoms with Gasteiger partial charge in [0.1, 0.15) is 12.4 Å². The summed E-state index contributed by atoms with van der Waals surface area (Å²) in [6.07, 6.45) is 4.89. The van der Waals surface area contributed by atoms with Crippen LogP contribution in [-0.2, 0) is 16.6 Å². The maximum atomic E-state index is 12.5. The fraction of sp³-hybridized carbons (Fsp3) is 0.458. The molecule has 0 aliphatic rings. The molecule has 2 N–H and O–H groups in total. The highest BCUT2D eigenvalue weighted by molar-refractivity contribution is 7.92. The van der Waals surface area contributed by atoms with E-state index in [0.29, 0.717) is 23.8 Å². The maximum absolute atomic E-state index is 12.5. The maximum Gasteiger partial charge on any atom is 0.335 e. The van der Waals surface area contributed by atoms with Gasteiger partial charge in [-0.15, -0.1) is 0 Å². The predicted molar refractivity (Wildman–Crippen MR) is 124 cm³/mol. The largest absolute Gasteiger partial charge is 0.487 e. The second kappa shape index (κ2) is 11.7. The first-order valence-electron chi connectivity index (χ1n) is 10.7. The molecule has 0 amide bonds. The highest BCUT2D eigenvalue weighted by Gasteiger charge is 2.14. The Morgan fingerprint density at radius 3 is 2.35 bits per heavy atom. The quantitative estimate of drug-likeness (QED) is 0.389. The van der Waals surface area contributed by atoms with Gasteiger partial charge in [0.25, 0.3) is 0 Å². The van der Waals surface area contributed by atoms with E-state index < -0.39 is 16.0 Å².